The molecule has 1 heterocycles. The van der Waals surface area contributed by atoms with E-state index in [2.05, 4.69) is 92.7 Å². The molecule has 0 N–H and O–H groups in total. The van der Waals surface area contributed by atoms with Gasteiger partial charge in [-0.25, -0.2) is 0 Å². The zero-order chi connectivity index (χ0) is 22.2. The second-order valence-electron chi connectivity index (χ2n) is 8.54. The van der Waals surface area contributed by atoms with Crippen molar-refractivity contribution in [1.29, 1.82) is 0 Å². The Bertz CT molecular complexity index is 1040. The number of pyridine rings is 1. The topological polar surface area (TPSA) is 12.9 Å². The van der Waals surface area contributed by atoms with Gasteiger partial charge in [-0.2, -0.15) is 0 Å². The molecule has 0 fully saturated rings. The third kappa shape index (κ3) is 5.16. The van der Waals surface area contributed by atoms with Crippen LogP contribution in [0.2, 0.25) is 0 Å². The summed E-state index contributed by atoms with van der Waals surface area (Å²) in [5, 5.41) is 0. The summed E-state index contributed by atoms with van der Waals surface area (Å²) < 4.78 is 0. The Labute approximate surface area is 193 Å². The number of benzene rings is 3. The van der Waals surface area contributed by atoms with Crippen LogP contribution < -0.4 is 0 Å². The van der Waals surface area contributed by atoms with Gasteiger partial charge < -0.3 is 0 Å². The van der Waals surface area contributed by atoms with Gasteiger partial charge in [0.05, 0.1) is 5.69 Å². The number of hydrogen-bond acceptors (Lipinski definition) is 1. The number of aromatic nitrogens is 1. The minimum atomic E-state index is 1.02. The van der Waals surface area contributed by atoms with Gasteiger partial charge in [-0.3, -0.25) is 4.98 Å². The average Bonchev–Trinajstić information content (AvgIpc) is 2.87. The van der Waals surface area contributed by atoms with Crippen LogP contribution >= 0.6 is 0 Å². The Hall–Kier alpha value is -3.19. The number of unbranched alkanes of at least 4 members (excludes halogenated alkanes) is 2. The summed E-state index contributed by atoms with van der Waals surface area (Å²) >= 11 is 0. The van der Waals surface area contributed by atoms with E-state index in [1.54, 1.807) is 0 Å². The Morgan fingerprint density at radius 1 is 0.562 bits per heavy atom. The normalized spacial score (nSPS) is 10.9. The van der Waals surface area contributed by atoms with E-state index in [0.29, 0.717) is 0 Å². The first kappa shape index (κ1) is 22.0. The quantitative estimate of drug-likeness (QED) is 0.264. The predicted molar refractivity (Wildman–Crippen MR) is 138 cm³/mol. The Kier molecular flexibility index (Phi) is 7.51. The number of hydrogen-bond donors (Lipinski definition) is 0. The standard InChI is InChI=1S/C31H33N/c1-3-5-10-24-15-19-26(20-16-24)28-12-9-13-29(31(28)30-14-7-8-23-32-30)27-21-17-25(18-22-27)11-6-4-2/h7-9,12-23H,3-6,10-11H2,1-2H3. The molecule has 0 amide bonds. The van der Waals surface area contributed by atoms with E-state index in [4.69, 9.17) is 4.98 Å². The molecule has 0 saturated heterocycles. The highest BCUT2D eigenvalue weighted by molar-refractivity contribution is 5.93. The van der Waals surface area contributed by atoms with Crippen molar-refractivity contribution in [2.24, 2.45) is 0 Å². The van der Waals surface area contributed by atoms with Gasteiger partial charge >= 0.3 is 0 Å². The van der Waals surface area contributed by atoms with Gasteiger partial charge in [0, 0.05) is 11.8 Å². The fourth-order valence-corrected chi connectivity index (χ4v) is 4.28. The van der Waals surface area contributed by atoms with Crippen molar-refractivity contribution in [2.75, 3.05) is 0 Å². The van der Waals surface area contributed by atoms with E-state index < -0.39 is 0 Å². The third-order valence-corrected chi connectivity index (χ3v) is 6.15. The van der Waals surface area contributed by atoms with Crippen molar-refractivity contribution in [2.45, 2.75) is 52.4 Å². The molecule has 0 radical (unpaired) electrons. The third-order valence-electron chi connectivity index (χ3n) is 6.15. The highest BCUT2D eigenvalue weighted by atomic mass is 14.7. The fourth-order valence-electron chi connectivity index (χ4n) is 4.28. The first-order valence-corrected chi connectivity index (χ1v) is 12.0. The molecule has 4 aromatic rings. The van der Waals surface area contributed by atoms with E-state index in [0.717, 1.165) is 18.5 Å². The molecule has 3 aromatic carbocycles. The van der Waals surface area contributed by atoms with Crippen LogP contribution in [-0.2, 0) is 12.8 Å². The lowest BCUT2D eigenvalue weighted by Crippen LogP contribution is -1.93. The van der Waals surface area contributed by atoms with Gasteiger partial charge in [0.1, 0.15) is 0 Å². The van der Waals surface area contributed by atoms with Gasteiger partial charge in [0.15, 0.2) is 0 Å². The van der Waals surface area contributed by atoms with Crippen LogP contribution in [0.25, 0.3) is 33.5 Å². The molecule has 162 valence electrons. The van der Waals surface area contributed by atoms with Gasteiger partial charge in [-0.1, -0.05) is 99.5 Å². The Morgan fingerprint density at radius 3 is 1.53 bits per heavy atom. The van der Waals surface area contributed by atoms with Gasteiger partial charge in [0.25, 0.3) is 0 Å². The smallest absolute Gasteiger partial charge is 0.0714 e. The van der Waals surface area contributed by atoms with Crippen LogP contribution in [0.15, 0.2) is 91.1 Å². The maximum Gasteiger partial charge on any atom is 0.0714 e. The van der Waals surface area contributed by atoms with Crippen molar-refractivity contribution in [3.05, 3.63) is 102 Å². The maximum atomic E-state index is 4.74. The van der Waals surface area contributed by atoms with E-state index in [1.165, 1.54) is 64.6 Å². The van der Waals surface area contributed by atoms with Crippen molar-refractivity contribution < 1.29 is 0 Å². The monoisotopic (exact) mass is 419 g/mol. The van der Waals surface area contributed by atoms with Crippen LogP contribution in [0.1, 0.15) is 50.7 Å². The van der Waals surface area contributed by atoms with Gasteiger partial charge in [-0.15, -0.1) is 0 Å². The summed E-state index contributed by atoms with van der Waals surface area (Å²) in [6.07, 6.45) is 9.11. The Balaban J connectivity index is 1.78. The summed E-state index contributed by atoms with van der Waals surface area (Å²) in [6.45, 7) is 4.49. The zero-order valence-electron chi connectivity index (χ0n) is 19.4. The number of aryl methyl sites for hydroxylation is 2. The number of rotatable bonds is 9. The molecule has 0 spiro atoms. The van der Waals surface area contributed by atoms with Crippen LogP contribution in [0.5, 0.6) is 0 Å². The molecular weight excluding hydrogens is 386 g/mol. The molecule has 0 saturated carbocycles. The fraction of sp³-hybridized carbons (Fsp3) is 0.258. The molecule has 1 heteroatoms. The molecule has 1 nitrogen and oxygen atoms in total. The second-order valence-corrected chi connectivity index (χ2v) is 8.54. The minimum absolute atomic E-state index is 1.02. The molecule has 0 atom stereocenters. The number of nitrogens with zero attached hydrogens (tertiary/aromatic N) is 1. The molecule has 4 rings (SSSR count). The first-order chi connectivity index (χ1) is 15.8. The molecule has 0 aliphatic carbocycles. The van der Waals surface area contributed by atoms with Crippen LogP contribution in [0.3, 0.4) is 0 Å². The van der Waals surface area contributed by atoms with Crippen molar-refractivity contribution in [3.63, 3.8) is 0 Å². The van der Waals surface area contributed by atoms with Crippen LogP contribution in [0.4, 0.5) is 0 Å². The maximum absolute atomic E-state index is 4.74. The van der Waals surface area contributed by atoms with Crippen molar-refractivity contribution in [1.82, 2.24) is 4.98 Å². The molecule has 0 aliphatic rings. The second kappa shape index (κ2) is 10.9. The SMILES string of the molecule is CCCCc1ccc(-c2cccc(-c3ccc(CCCC)cc3)c2-c2ccccn2)cc1. The molecule has 32 heavy (non-hydrogen) atoms. The summed E-state index contributed by atoms with van der Waals surface area (Å²) in [6, 6.07) is 31.0. The summed E-state index contributed by atoms with van der Waals surface area (Å²) in [7, 11) is 0. The predicted octanol–water partition coefficient (Wildman–Crippen LogP) is 8.77. The first-order valence-electron chi connectivity index (χ1n) is 12.0. The van der Waals surface area contributed by atoms with E-state index in [9.17, 15) is 0 Å². The highest BCUT2D eigenvalue weighted by Crippen LogP contribution is 2.39. The van der Waals surface area contributed by atoms with E-state index in [-0.39, 0.29) is 0 Å². The average molecular weight is 420 g/mol. The summed E-state index contributed by atoms with van der Waals surface area (Å²) in [5.74, 6) is 0. The van der Waals surface area contributed by atoms with Gasteiger partial charge in [-0.05, 0) is 71.2 Å². The largest absolute Gasteiger partial charge is 0.256 e. The summed E-state index contributed by atoms with van der Waals surface area (Å²) in [4.78, 5) is 4.74. The zero-order valence-corrected chi connectivity index (χ0v) is 19.4. The molecular formula is C31H33N. The lowest BCUT2D eigenvalue weighted by atomic mass is 9.89. The van der Waals surface area contributed by atoms with Crippen LogP contribution in [-0.4, -0.2) is 4.98 Å². The van der Waals surface area contributed by atoms with Gasteiger partial charge in [0.2, 0.25) is 0 Å². The lowest BCUT2D eigenvalue weighted by molar-refractivity contribution is 0.795. The molecule has 0 aliphatic heterocycles. The minimum Gasteiger partial charge on any atom is -0.256 e. The Morgan fingerprint density at radius 2 is 1.09 bits per heavy atom. The summed E-state index contributed by atoms with van der Waals surface area (Å²) in [5.41, 5.74) is 10.00. The molecule has 1 aromatic heterocycles. The highest BCUT2D eigenvalue weighted by Gasteiger charge is 2.15. The van der Waals surface area contributed by atoms with Crippen molar-refractivity contribution in [3.8, 4) is 33.5 Å². The molecule has 0 unspecified atom stereocenters. The lowest BCUT2D eigenvalue weighted by Gasteiger charge is -2.16. The van der Waals surface area contributed by atoms with E-state index in [1.807, 2.05) is 12.3 Å². The van der Waals surface area contributed by atoms with E-state index >= 15 is 0 Å². The van der Waals surface area contributed by atoms with Crippen LogP contribution in [0, 0.1) is 0 Å². The molecule has 0 bridgehead atoms. The van der Waals surface area contributed by atoms with Crippen molar-refractivity contribution >= 4 is 0 Å².